The van der Waals surface area contributed by atoms with Crippen LogP contribution in [-0.4, -0.2) is 65.1 Å². The lowest BCUT2D eigenvalue weighted by Gasteiger charge is -2.75. The van der Waals surface area contributed by atoms with Crippen molar-refractivity contribution in [1.82, 2.24) is 18.8 Å². The van der Waals surface area contributed by atoms with E-state index in [1.807, 2.05) is 0 Å². The van der Waals surface area contributed by atoms with Crippen LogP contribution in [0, 0.1) is 3.70 Å². The zero-order valence-electron chi connectivity index (χ0n) is 13.9. The molecule has 132 valence electrons. The van der Waals surface area contributed by atoms with E-state index in [-0.39, 0.29) is 0 Å². The molecule has 1 aromatic rings. The summed E-state index contributed by atoms with van der Waals surface area (Å²) in [5, 5.41) is 0. The molecule has 0 atom stereocenters. The lowest BCUT2D eigenvalue weighted by molar-refractivity contribution is -0.211. The van der Waals surface area contributed by atoms with Crippen molar-refractivity contribution in [2.75, 3.05) is 32.4 Å². The first kappa shape index (κ1) is 16.0. The number of sulfonamides is 1. The molecule has 4 aliphatic carbocycles. The number of rotatable bonds is 4. The molecule has 0 radical (unpaired) electrons. The zero-order valence-corrected chi connectivity index (χ0v) is 16.9. The lowest BCUT2D eigenvalue weighted by atomic mass is 9.43. The molecule has 0 unspecified atom stereocenters. The summed E-state index contributed by atoms with van der Waals surface area (Å²) in [7, 11) is -3.04. The fraction of sp³-hybridized carbons (Fsp3) is 0.812. The van der Waals surface area contributed by atoms with Crippen molar-refractivity contribution in [3.63, 3.8) is 0 Å². The highest BCUT2D eigenvalue weighted by Gasteiger charge is 2.71. The third-order valence-corrected chi connectivity index (χ3v) is 8.33. The van der Waals surface area contributed by atoms with Crippen molar-refractivity contribution in [3.05, 3.63) is 15.7 Å². The molecular formula is C16H23IN4O2S. The summed E-state index contributed by atoms with van der Waals surface area (Å²) >= 11 is 2.34. The second-order valence-corrected chi connectivity index (χ2v) is 11.3. The average molecular weight is 462 g/mol. The maximum absolute atomic E-state index is 11.7. The van der Waals surface area contributed by atoms with Crippen molar-refractivity contribution in [1.29, 1.82) is 0 Å². The Balaban J connectivity index is 1.28. The first-order valence-electron chi connectivity index (χ1n) is 8.77. The molecule has 24 heavy (non-hydrogen) atoms. The Kier molecular flexibility index (Phi) is 3.30. The minimum Gasteiger partial charge on any atom is -0.327 e. The number of halogens is 1. The van der Waals surface area contributed by atoms with Crippen molar-refractivity contribution < 1.29 is 8.42 Å². The number of hydrogen-bond acceptors (Lipinski definition) is 4. The SMILES string of the molecule is CS(=O)(=O)N1CCN(C23CC(n4cc(I)nc4C4CC4)(C2)C3)CC1. The van der Waals surface area contributed by atoms with Crippen LogP contribution in [0.2, 0.25) is 0 Å². The van der Waals surface area contributed by atoms with Crippen LogP contribution in [0.4, 0.5) is 0 Å². The van der Waals surface area contributed by atoms with Crippen LogP contribution in [0.5, 0.6) is 0 Å². The van der Waals surface area contributed by atoms with E-state index in [9.17, 15) is 8.42 Å². The predicted molar refractivity (Wildman–Crippen MR) is 99.5 cm³/mol. The molecule has 0 aromatic carbocycles. The molecule has 4 saturated carbocycles. The van der Waals surface area contributed by atoms with E-state index in [1.54, 1.807) is 4.31 Å². The summed E-state index contributed by atoms with van der Waals surface area (Å²) < 4.78 is 28.6. The van der Waals surface area contributed by atoms with Crippen molar-refractivity contribution in [2.45, 2.75) is 49.1 Å². The average Bonchev–Trinajstić information content (AvgIpc) is 3.20. The molecule has 1 aromatic heterocycles. The molecular weight excluding hydrogens is 439 g/mol. The second-order valence-electron chi connectivity index (χ2n) is 8.19. The molecule has 0 N–H and O–H groups in total. The van der Waals surface area contributed by atoms with Crippen molar-refractivity contribution in [2.24, 2.45) is 0 Å². The van der Waals surface area contributed by atoms with Gasteiger partial charge >= 0.3 is 0 Å². The van der Waals surface area contributed by atoms with E-state index in [4.69, 9.17) is 4.98 Å². The fourth-order valence-corrected chi connectivity index (χ4v) is 6.49. The first-order valence-corrected chi connectivity index (χ1v) is 11.7. The number of aromatic nitrogens is 2. The van der Waals surface area contributed by atoms with Gasteiger partial charge in [0.15, 0.2) is 0 Å². The maximum Gasteiger partial charge on any atom is 0.211 e. The number of piperazine rings is 1. The third-order valence-electron chi connectivity index (χ3n) is 6.51. The Hall–Kier alpha value is -0.190. The van der Waals surface area contributed by atoms with Gasteiger partial charge in [0.05, 0.1) is 11.8 Å². The first-order chi connectivity index (χ1) is 11.3. The summed E-state index contributed by atoms with van der Waals surface area (Å²) in [5.41, 5.74) is 0.641. The van der Waals surface area contributed by atoms with E-state index in [2.05, 4.69) is 38.3 Å². The standard InChI is InChI=1S/C16H23IN4O2S/c1-24(22,23)20-6-4-19(5-7-20)15-9-16(10-15,11-15)21-8-13(17)18-14(21)12-2-3-12/h8,12H,2-7,9-11H2,1H3. The molecule has 2 heterocycles. The fourth-order valence-electron chi connectivity index (χ4n) is 5.14. The monoisotopic (exact) mass is 462 g/mol. The van der Waals surface area contributed by atoms with E-state index < -0.39 is 10.0 Å². The van der Waals surface area contributed by atoms with Crippen LogP contribution in [-0.2, 0) is 15.6 Å². The summed E-state index contributed by atoms with van der Waals surface area (Å²) in [4.78, 5) is 7.33. The molecule has 2 bridgehead atoms. The van der Waals surface area contributed by atoms with Gasteiger partial charge in [0.25, 0.3) is 0 Å². The topological polar surface area (TPSA) is 58.4 Å². The molecule has 1 aliphatic heterocycles. The smallest absolute Gasteiger partial charge is 0.211 e. The van der Waals surface area contributed by atoms with E-state index in [0.717, 1.165) is 16.8 Å². The maximum atomic E-state index is 11.7. The van der Waals surface area contributed by atoms with Gasteiger partial charge in [0.1, 0.15) is 9.53 Å². The van der Waals surface area contributed by atoms with Gasteiger partial charge in [0.2, 0.25) is 10.0 Å². The van der Waals surface area contributed by atoms with Gasteiger partial charge in [-0.3, -0.25) is 4.90 Å². The quantitative estimate of drug-likeness (QED) is 0.638. The zero-order chi connectivity index (χ0) is 16.7. The van der Waals surface area contributed by atoms with Crippen molar-refractivity contribution >= 4 is 32.6 Å². The number of imidazole rings is 1. The summed E-state index contributed by atoms with van der Waals surface area (Å²) in [5.74, 6) is 2.01. The Labute approximate surface area is 156 Å². The van der Waals surface area contributed by atoms with Gasteiger partial charge < -0.3 is 4.57 Å². The second kappa shape index (κ2) is 4.95. The van der Waals surface area contributed by atoms with E-state index in [1.165, 1.54) is 44.2 Å². The molecule has 5 fully saturated rings. The van der Waals surface area contributed by atoms with Gasteiger partial charge in [-0.1, -0.05) is 0 Å². The lowest BCUT2D eigenvalue weighted by Crippen LogP contribution is -2.80. The Morgan fingerprint density at radius 2 is 1.75 bits per heavy atom. The Morgan fingerprint density at radius 3 is 2.29 bits per heavy atom. The third kappa shape index (κ3) is 2.25. The molecule has 0 spiro atoms. The van der Waals surface area contributed by atoms with Crippen LogP contribution in [0.3, 0.4) is 0 Å². The number of hydrogen-bond donors (Lipinski definition) is 0. The summed E-state index contributed by atoms with van der Waals surface area (Å²) in [6.45, 7) is 3.04. The highest BCUT2D eigenvalue weighted by Crippen LogP contribution is 2.68. The normalized spacial score (nSPS) is 37.1. The van der Waals surface area contributed by atoms with Crippen LogP contribution < -0.4 is 0 Å². The summed E-state index contributed by atoms with van der Waals surface area (Å²) in [6.07, 6.45) is 9.79. The summed E-state index contributed by atoms with van der Waals surface area (Å²) in [6, 6.07) is 0. The molecule has 1 saturated heterocycles. The van der Waals surface area contributed by atoms with Crippen LogP contribution in [0.25, 0.3) is 0 Å². The Morgan fingerprint density at radius 1 is 1.12 bits per heavy atom. The highest BCUT2D eigenvalue weighted by molar-refractivity contribution is 14.1. The molecule has 6 rings (SSSR count). The minimum atomic E-state index is -3.04. The van der Waals surface area contributed by atoms with E-state index in [0.29, 0.717) is 30.1 Å². The van der Waals surface area contributed by atoms with Crippen LogP contribution >= 0.6 is 22.6 Å². The van der Waals surface area contributed by atoms with Gasteiger partial charge in [-0.2, -0.15) is 4.31 Å². The largest absolute Gasteiger partial charge is 0.327 e. The number of nitrogens with zero attached hydrogens (tertiary/aromatic N) is 4. The molecule has 5 aliphatic rings. The van der Waals surface area contributed by atoms with Crippen LogP contribution in [0.1, 0.15) is 43.8 Å². The van der Waals surface area contributed by atoms with Gasteiger partial charge in [-0.15, -0.1) is 0 Å². The highest BCUT2D eigenvalue weighted by atomic mass is 127. The van der Waals surface area contributed by atoms with Gasteiger partial charge in [0, 0.05) is 43.8 Å². The van der Waals surface area contributed by atoms with E-state index >= 15 is 0 Å². The molecule has 8 heteroatoms. The predicted octanol–water partition coefficient (Wildman–Crippen LogP) is 1.57. The van der Waals surface area contributed by atoms with Crippen LogP contribution in [0.15, 0.2) is 6.20 Å². The van der Waals surface area contributed by atoms with Gasteiger partial charge in [-0.05, 0) is 54.7 Å². The van der Waals surface area contributed by atoms with Crippen molar-refractivity contribution in [3.8, 4) is 0 Å². The minimum absolute atomic E-state index is 0.308. The molecule has 0 amide bonds. The molecule has 6 nitrogen and oxygen atoms in total. The van der Waals surface area contributed by atoms with Gasteiger partial charge in [-0.25, -0.2) is 13.4 Å². The Bertz CT molecular complexity index is 773.